The fraction of sp³-hybridized carbons (Fsp3) is 0.294. The van der Waals surface area contributed by atoms with Crippen LogP contribution in [0.4, 0.5) is 0 Å². The van der Waals surface area contributed by atoms with Crippen LogP contribution in [0.15, 0.2) is 42.5 Å². The summed E-state index contributed by atoms with van der Waals surface area (Å²) in [7, 11) is 0. The number of rotatable bonds is 4. The monoisotopic (exact) mass is 255 g/mol. The molecule has 1 atom stereocenters. The standard InChI is InChI=1S/C17H21NO/c1-4-19-15-10-8-14(9-11-15)17(18)16-12(2)6-5-7-13(16)3/h5-11,17H,4,18H2,1-3H3. The third-order valence-corrected chi connectivity index (χ3v) is 3.40. The highest BCUT2D eigenvalue weighted by molar-refractivity contribution is 5.42. The predicted molar refractivity (Wildman–Crippen MR) is 79.6 cm³/mol. The molecule has 2 heteroatoms. The average molecular weight is 255 g/mol. The first-order valence-electron chi connectivity index (χ1n) is 6.68. The molecular weight excluding hydrogens is 234 g/mol. The Morgan fingerprint density at radius 2 is 1.58 bits per heavy atom. The van der Waals surface area contributed by atoms with Crippen LogP contribution in [0.3, 0.4) is 0 Å². The van der Waals surface area contributed by atoms with Gasteiger partial charge >= 0.3 is 0 Å². The smallest absolute Gasteiger partial charge is 0.119 e. The van der Waals surface area contributed by atoms with Crippen molar-refractivity contribution in [3.63, 3.8) is 0 Å². The lowest BCUT2D eigenvalue weighted by atomic mass is 9.92. The van der Waals surface area contributed by atoms with E-state index in [0.29, 0.717) is 6.61 Å². The summed E-state index contributed by atoms with van der Waals surface area (Å²) in [6, 6.07) is 14.2. The van der Waals surface area contributed by atoms with Gasteiger partial charge in [0.25, 0.3) is 0 Å². The van der Waals surface area contributed by atoms with Crippen LogP contribution in [0.1, 0.15) is 35.2 Å². The van der Waals surface area contributed by atoms with Crippen molar-refractivity contribution in [2.24, 2.45) is 5.73 Å². The predicted octanol–water partition coefficient (Wildman–Crippen LogP) is 3.75. The van der Waals surface area contributed by atoms with Crippen LogP contribution in [0.2, 0.25) is 0 Å². The lowest BCUT2D eigenvalue weighted by molar-refractivity contribution is 0.340. The van der Waals surface area contributed by atoms with Gasteiger partial charge in [-0.1, -0.05) is 30.3 Å². The van der Waals surface area contributed by atoms with Crippen molar-refractivity contribution in [1.29, 1.82) is 0 Å². The normalized spacial score (nSPS) is 12.2. The Morgan fingerprint density at radius 3 is 2.11 bits per heavy atom. The zero-order valence-electron chi connectivity index (χ0n) is 11.8. The molecule has 2 aromatic rings. The molecule has 0 amide bonds. The van der Waals surface area contributed by atoms with Gasteiger partial charge in [0.15, 0.2) is 0 Å². The van der Waals surface area contributed by atoms with E-state index in [1.54, 1.807) is 0 Å². The van der Waals surface area contributed by atoms with E-state index in [1.807, 2.05) is 31.2 Å². The molecule has 0 aliphatic rings. The van der Waals surface area contributed by atoms with Crippen molar-refractivity contribution < 1.29 is 4.74 Å². The second kappa shape index (κ2) is 5.89. The van der Waals surface area contributed by atoms with Gasteiger partial charge in [-0.25, -0.2) is 0 Å². The minimum absolute atomic E-state index is 0.0862. The van der Waals surface area contributed by atoms with Crippen LogP contribution in [-0.2, 0) is 0 Å². The molecule has 0 aliphatic carbocycles. The number of benzene rings is 2. The Hall–Kier alpha value is -1.80. The summed E-state index contributed by atoms with van der Waals surface area (Å²) >= 11 is 0. The van der Waals surface area contributed by atoms with Crippen molar-refractivity contribution in [2.45, 2.75) is 26.8 Å². The lowest BCUT2D eigenvalue weighted by Crippen LogP contribution is -2.14. The first-order chi connectivity index (χ1) is 9.13. The zero-order valence-corrected chi connectivity index (χ0v) is 11.8. The maximum Gasteiger partial charge on any atom is 0.119 e. The molecule has 2 nitrogen and oxygen atoms in total. The Balaban J connectivity index is 2.31. The second-order valence-corrected chi connectivity index (χ2v) is 4.79. The third-order valence-electron chi connectivity index (χ3n) is 3.40. The fourth-order valence-electron chi connectivity index (χ4n) is 2.42. The Labute approximate surface area is 115 Å². The number of aryl methyl sites for hydroxylation is 2. The van der Waals surface area contributed by atoms with Crippen molar-refractivity contribution in [2.75, 3.05) is 6.61 Å². The summed E-state index contributed by atoms with van der Waals surface area (Å²) in [6.07, 6.45) is 0. The molecule has 0 bridgehead atoms. The molecule has 2 N–H and O–H groups in total. The van der Waals surface area contributed by atoms with E-state index in [9.17, 15) is 0 Å². The van der Waals surface area contributed by atoms with Gasteiger partial charge in [-0.15, -0.1) is 0 Å². The number of hydrogen-bond donors (Lipinski definition) is 1. The van der Waals surface area contributed by atoms with Gasteiger partial charge in [-0.05, 0) is 55.2 Å². The summed E-state index contributed by atoms with van der Waals surface area (Å²) in [5, 5.41) is 0. The highest BCUT2D eigenvalue weighted by Crippen LogP contribution is 2.26. The summed E-state index contributed by atoms with van der Waals surface area (Å²) in [5.74, 6) is 0.889. The minimum Gasteiger partial charge on any atom is -0.494 e. The first kappa shape index (κ1) is 13.6. The Kier molecular flexibility index (Phi) is 4.23. The summed E-state index contributed by atoms with van der Waals surface area (Å²) in [6.45, 7) is 6.88. The van der Waals surface area contributed by atoms with E-state index in [-0.39, 0.29) is 6.04 Å². The number of hydrogen-bond acceptors (Lipinski definition) is 2. The van der Waals surface area contributed by atoms with Crippen LogP contribution in [-0.4, -0.2) is 6.61 Å². The zero-order chi connectivity index (χ0) is 13.8. The molecule has 0 radical (unpaired) electrons. The summed E-state index contributed by atoms with van der Waals surface area (Å²) < 4.78 is 5.45. The number of nitrogens with two attached hydrogens (primary N) is 1. The van der Waals surface area contributed by atoms with Crippen LogP contribution >= 0.6 is 0 Å². The summed E-state index contributed by atoms with van der Waals surface area (Å²) in [5.41, 5.74) is 11.2. The van der Waals surface area contributed by atoms with E-state index < -0.39 is 0 Å². The first-order valence-corrected chi connectivity index (χ1v) is 6.68. The van der Waals surface area contributed by atoms with E-state index >= 15 is 0 Å². The van der Waals surface area contributed by atoms with Gasteiger partial charge in [0.2, 0.25) is 0 Å². The van der Waals surface area contributed by atoms with Gasteiger partial charge in [-0.2, -0.15) is 0 Å². The van der Waals surface area contributed by atoms with Gasteiger partial charge < -0.3 is 10.5 Å². The van der Waals surface area contributed by atoms with E-state index in [2.05, 4.69) is 32.0 Å². The molecule has 0 aromatic heterocycles. The molecular formula is C17H21NO. The summed E-state index contributed by atoms with van der Waals surface area (Å²) in [4.78, 5) is 0. The quantitative estimate of drug-likeness (QED) is 0.903. The molecule has 100 valence electrons. The van der Waals surface area contributed by atoms with Crippen LogP contribution in [0, 0.1) is 13.8 Å². The topological polar surface area (TPSA) is 35.2 Å². The van der Waals surface area contributed by atoms with Crippen molar-refractivity contribution in [3.05, 3.63) is 64.7 Å². The van der Waals surface area contributed by atoms with Gasteiger partial charge in [-0.3, -0.25) is 0 Å². The van der Waals surface area contributed by atoms with Crippen molar-refractivity contribution >= 4 is 0 Å². The van der Waals surface area contributed by atoms with Crippen LogP contribution in [0.5, 0.6) is 5.75 Å². The molecule has 0 heterocycles. The lowest BCUT2D eigenvalue weighted by Gasteiger charge is -2.18. The van der Waals surface area contributed by atoms with Crippen LogP contribution < -0.4 is 10.5 Å². The molecule has 2 aromatic carbocycles. The van der Waals surface area contributed by atoms with E-state index in [4.69, 9.17) is 10.5 Å². The molecule has 19 heavy (non-hydrogen) atoms. The van der Waals surface area contributed by atoms with E-state index in [1.165, 1.54) is 16.7 Å². The molecule has 0 aliphatic heterocycles. The maximum atomic E-state index is 6.40. The molecule has 0 saturated heterocycles. The van der Waals surface area contributed by atoms with Crippen molar-refractivity contribution in [1.82, 2.24) is 0 Å². The van der Waals surface area contributed by atoms with E-state index in [0.717, 1.165) is 11.3 Å². The SMILES string of the molecule is CCOc1ccc(C(N)c2c(C)cccc2C)cc1. The Bertz CT molecular complexity index is 525. The maximum absolute atomic E-state index is 6.40. The fourth-order valence-corrected chi connectivity index (χ4v) is 2.42. The molecule has 0 saturated carbocycles. The highest BCUT2D eigenvalue weighted by atomic mass is 16.5. The highest BCUT2D eigenvalue weighted by Gasteiger charge is 2.13. The molecule has 0 fully saturated rings. The number of ether oxygens (including phenoxy) is 1. The van der Waals surface area contributed by atoms with Crippen LogP contribution in [0.25, 0.3) is 0 Å². The average Bonchev–Trinajstić information content (AvgIpc) is 2.39. The van der Waals surface area contributed by atoms with Crippen molar-refractivity contribution in [3.8, 4) is 5.75 Å². The van der Waals surface area contributed by atoms with Gasteiger partial charge in [0.1, 0.15) is 5.75 Å². The largest absolute Gasteiger partial charge is 0.494 e. The molecule has 0 spiro atoms. The minimum atomic E-state index is -0.0862. The Morgan fingerprint density at radius 1 is 1.00 bits per heavy atom. The molecule has 1 unspecified atom stereocenters. The van der Waals surface area contributed by atoms with Gasteiger partial charge in [0.05, 0.1) is 12.6 Å². The van der Waals surface area contributed by atoms with Gasteiger partial charge in [0, 0.05) is 0 Å². The molecule has 2 rings (SSSR count). The second-order valence-electron chi connectivity index (χ2n) is 4.79. The third kappa shape index (κ3) is 2.96.